The minimum Gasteiger partial charge on any atom is -0.463 e. The van der Waals surface area contributed by atoms with Crippen molar-refractivity contribution in [2.24, 2.45) is 17.3 Å². The molecule has 3 aliphatic rings. The molecular formula is C26H24O3. The number of carbonyl (C=O) groups excluding carboxylic acids is 2. The summed E-state index contributed by atoms with van der Waals surface area (Å²) in [7, 11) is 0. The van der Waals surface area contributed by atoms with Gasteiger partial charge < -0.3 is 4.74 Å². The van der Waals surface area contributed by atoms with Crippen LogP contribution in [0.2, 0.25) is 0 Å². The molecule has 3 heteroatoms. The molecule has 0 radical (unpaired) electrons. The molecule has 0 bridgehead atoms. The fraction of sp³-hybridized carbons (Fsp3) is 0.308. The summed E-state index contributed by atoms with van der Waals surface area (Å²) in [6.07, 6.45) is 5.66. The number of ether oxygens (including phenoxy) is 1. The smallest absolute Gasteiger partial charge is 0.334 e. The van der Waals surface area contributed by atoms with Gasteiger partial charge in [-0.15, -0.1) is 0 Å². The zero-order valence-corrected chi connectivity index (χ0v) is 16.5. The van der Waals surface area contributed by atoms with Gasteiger partial charge in [0.25, 0.3) is 0 Å². The molecule has 2 aromatic carbocycles. The average Bonchev–Trinajstić information content (AvgIpc) is 3.39. The summed E-state index contributed by atoms with van der Waals surface area (Å²) in [6, 6.07) is 20.2. The van der Waals surface area contributed by atoms with Crippen LogP contribution in [0.3, 0.4) is 0 Å². The number of rotatable bonds is 4. The highest BCUT2D eigenvalue weighted by atomic mass is 16.5. The zero-order chi connectivity index (χ0) is 20.0. The molecule has 0 aromatic heterocycles. The van der Waals surface area contributed by atoms with Gasteiger partial charge in [0.15, 0.2) is 5.78 Å². The molecule has 5 rings (SSSR count). The van der Waals surface area contributed by atoms with E-state index in [-0.39, 0.29) is 29.5 Å². The lowest BCUT2D eigenvalue weighted by molar-refractivity contribution is -0.142. The van der Waals surface area contributed by atoms with Crippen LogP contribution in [0.25, 0.3) is 6.08 Å². The molecule has 0 aliphatic heterocycles. The number of allylic oxidation sites excluding steroid dienone is 2. The fourth-order valence-electron chi connectivity index (χ4n) is 5.58. The van der Waals surface area contributed by atoms with E-state index < -0.39 is 5.41 Å². The van der Waals surface area contributed by atoms with Crippen LogP contribution in [0.5, 0.6) is 0 Å². The molecule has 2 fully saturated rings. The Morgan fingerprint density at radius 3 is 2.48 bits per heavy atom. The summed E-state index contributed by atoms with van der Waals surface area (Å²) in [6.45, 7) is 2.13. The molecule has 0 N–H and O–H groups in total. The molecule has 0 heterocycles. The summed E-state index contributed by atoms with van der Waals surface area (Å²) >= 11 is 0. The van der Waals surface area contributed by atoms with Gasteiger partial charge in [-0.25, -0.2) is 4.79 Å². The van der Waals surface area contributed by atoms with Crippen LogP contribution < -0.4 is 0 Å². The highest BCUT2D eigenvalue weighted by molar-refractivity contribution is 6.15. The van der Waals surface area contributed by atoms with E-state index in [9.17, 15) is 9.59 Å². The summed E-state index contributed by atoms with van der Waals surface area (Å²) < 4.78 is 5.39. The minimum atomic E-state index is -0.779. The Bertz CT molecular complexity index is 1020. The standard InChI is InChI=1S/C26H24O3/c1-2-29-25(28)22-14-13-21(18-11-7-4-8-12-18)26(22)23-16-19(23)20(24(26)27)15-17-9-5-3-6-10-17/h3-12,14-15,19,21,23H,2,13,16H2,1H3/b20-15+/t19-,21?,23-,26+/m0/s1. The van der Waals surface area contributed by atoms with E-state index >= 15 is 0 Å². The first-order valence-corrected chi connectivity index (χ1v) is 10.4. The Hall–Kier alpha value is -2.94. The molecule has 0 amide bonds. The first kappa shape index (κ1) is 18.1. The maximum atomic E-state index is 14.0. The van der Waals surface area contributed by atoms with Gasteiger partial charge in [0.05, 0.1) is 12.0 Å². The monoisotopic (exact) mass is 384 g/mol. The van der Waals surface area contributed by atoms with Crippen LogP contribution in [0.15, 0.2) is 77.9 Å². The molecule has 2 saturated carbocycles. The number of esters is 1. The third-order valence-corrected chi connectivity index (χ3v) is 6.78. The van der Waals surface area contributed by atoms with Crippen LogP contribution in [0, 0.1) is 17.3 Å². The molecule has 29 heavy (non-hydrogen) atoms. The molecular weight excluding hydrogens is 360 g/mol. The summed E-state index contributed by atoms with van der Waals surface area (Å²) in [4.78, 5) is 26.9. The average molecular weight is 384 g/mol. The second kappa shape index (κ2) is 6.84. The second-order valence-electron chi connectivity index (χ2n) is 8.19. The Kier molecular flexibility index (Phi) is 4.27. The van der Waals surface area contributed by atoms with Crippen molar-refractivity contribution in [3.05, 3.63) is 89.0 Å². The lowest BCUT2D eigenvalue weighted by Crippen LogP contribution is -2.39. The lowest BCUT2D eigenvalue weighted by Gasteiger charge is -2.34. The normalized spacial score (nSPS) is 31.1. The van der Waals surface area contributed by atoms with Crippen molar-refractivity contribution in [3.63, 3.8) is 0 Å². The van der Waals surface area contributed by atoms with E-state index in [1.54, 1.807) is 0 Å². The summed E-state index contributed by atoms with van der Waals surface area (Å²) in [5.41, 5.74) is 2.85. The van der Waals surface area contributed by atoms with E-state index in [0.717, 1.165) is 23.1 Å². The van der Waals surface area contributed by atoms with Crippen molar-refractivity contribution in [2.45, 2.75) is 25.7 Å². The number of fused-ring (bicyclic) bond motifs is 2. The molecule has 1 unspecified atom stereocenters. The maximum Gasteiger partial charge on any atom is 0.334 e. The van der Waals surface area contributed by atoms with Crippen LogP contribution in [0.4, 0.5) is 0 Å². The third-order valence-electron chi connectivity index (χ3n) is 6.78. The molecule has 3 aliphatic carbocycles. The highest BCUT2D eigenvalue weighted by Gasteiger charge is 2.72. The topological polar surface area (TPSA) is 43.4 Å². The largest absolute Gasteiger partial charge is 0.463 e. The van der Waals surface area contributed by atoms with E-state index in [1.165, 1.54) is 0 Å². The van der Waals surface area contributed by atoms with Gasteiger partial charge in [0.1, 0.15) is 0 Å². The molecule has 3 nitrogen and oxygen atoms in total. The first-order chi connectivity index (χ1) is 14.2. The van der Waals surface area contributed by atoms with E-state index in [2.05, 4.69) is 12.1 Å². The van der Waals surface area contributed by atoms with E-state index in [1.807, 2.05) is 67.6 Å². The number of hydrogen-bond donors (Lipinski definition) is 0. The predicted octanol–water partition coefficient (Wildman–Crippen LogP) is 4.95. The van der Waals surface area contributed by atoms with Gasteiger partial charge in [-0.05, 0) is 48.8 Å². The third kappa shape index (κ3) is 2.64. The Balaban J connectivity index is 1.62. The van der Waals surface area contributed by atoms with Crippen molar-refractivity contribution >= 4 is 17.8 Å². The first-order valence-electron chi connectivity index (χ1n) is 10.4. The van der Waals surface area contributed by atoms with Crippen molar-refractivity contribution in [2.75, 3.05) is 6.61 Å². The fourth-order valence-corrected chi connectivity index (χ4v) is 5.58. The van der Waals surface area contributed by atoms with Crippen molar-refractivity contribution in [1.29, 1.82) is 0 Å². The Morgan fingerprint density at radius 2 is 1.79 bits per heavy atom. The molecule has 2 aromatic rings. The zero-order valence-electron chi connectivity index (χ0n) is 16.5. The van der Waals surface area contributed by atoms with Gasteiger partial charge in [0, 0.05) is 17.1 Å². The number of hydrogen-bond acceptors (Lipinski definition) is 3. The number of ketones is 1. The number of carbonyl (C=O) groups is 2. The van der Waals surface area contributed by atoms with Gasteiger partial charge in [-0.2, -0.15) is 0 Å². The Labute approximate surface area is 171 Å². The SMILES string of the molecule is CCOC(=O)C1=CCC(c2ccccc2)[C@@]12C(=O)/C(=C/c1ccccc1)[C@@H]1C[C@@H]12. The van der Waals surface area contributed by atoms with Crippen molar-refractivity contribution in [1.82, 2.24) is 0 Å². The molecule has 146 valence electrons. The quantitative estimate of drug-likeness (QED) is 0.553. The highest BCUT2D eigenvalue weighted by Crippen LogP contribution is 2.72. The minimum absolute atomic E-state index is 0.00715. The van der Waals surface area contributed by atoms with Gasteiger partial charge in [-0.3, -0.25) is 4.79 Å². The van der Waals surface area contributed by atoms with Crippen molar-refractivity contribution < 1.29 is 14.3 Å². The predicted molar refractivity (Wildman–Crippen MR) is 112 cm³/mol. The van der Waals surface area contributed by atoms with Crippen LogP contribution >= 0.6 is 0 Å². The van der Waals surface area contributed by atoms with Gasteiger partial charge in [0.2, 0.25) is 0 Å². The van der Waals surface area contributed by atoms with Gasteiger partial charge in [-0.1, -0.05) is 66.7 Å². The van der Waals surface area contributed by atoms with Crippen molar-refractivity contribution in [3.8, 4) is 0 Å². The summed E-state index contributed by atoms with van der Waals surface area (Å²) in [5, 5.41) is 0. The second-order valence-corrected chi connectivity index (χ2v) is 8.19. The summed E-state index contributed by atoms with van der Waals surface area (Å²) in [5.74, 6) is 0.213. The van der Waals surface area contributed by atoms with E-state index in [4.69, 9.17) is 4.74 Å². The van der Waals surface area contributed by atoms with Crippen LogP contribution in [-0.4, -0.2) is 18.4 Å². The van der Waals surface area contributed by atoms with E-state index in [0.29, 0.717) is 18.6 Å². The Morgan fingerprint density at radius 1 is 1.10 bits per heavy atom. The molecule has 1 spiro atoms. The number of benzene rings is 2. The maximum absolute atomic E-state index is 14.0. The molecule has 4 atom stereocenters. The van der Waals surface area contributed by atoms with Crippen LogP contribution in [0.1, 0.15) is 36.8 Å². The van der Waals surface area contributed by atoms with Gasteiger partial charge >= 0.3 is 5.97 Å². The number of Topliss-reactive ketones (excluding diaryl/α,β-unsaturated/α-hetero) is 1. The molecule has 0 saturated heterocycles. The lowest BCUT2D eigenvalue weighted by atomic mass is 9.66. The van der Waals surface area contributed by atoms with Crippen LogP contribution in [-0.2, 0) is 14.3 Å².